The van der Waals surface area contributed by atoms with E-state index in [4.69, 9.17) is 4.74 Å². The molecule has 2 unspecified atom stereocenters. The first kappa shape index (κ1) is 12.3. The van der Waals surface area contributed by atoms with Crippen molar-refractivity contribution in [2.75, 3.05) is 53.0 Å². The number of likely N-dealkylation sites (N-methyl/N-ethyl adjacent to an activating group) is 1. The third-order valence-corrected chi connectivity index (χ3v) is 3.84. The van der Waals surface area contributed by atoms with Crippen LogP contribution in [0.25, 0.3) is 0 Å². The monoisotopic (exact) mass is 227 g/mol. The summed E-state index contributed by atoms with van der Waals surface area (Å²) in [5.74, 6) is 0. The van der Waals surface area contributed by atoms with Gasteiger partial charge in [-0.15, -0.1) is 0 Å². The molecule has 0 aliphatic carbocycles. The van der Waals surface area contributed by atoms with Gasteiger partial charge in [-0.2, -0.15) is 0 Å². The number of nitrogens with one attached hydrogen (secondary N) is 1. The van der Waals surface area contributed by atoms with Crippen molar-refractivity contribution in [2.45, 2.75) is 25.4 Å². The predicted octanol–water partition coefficient (Wildman–Crippen LogP) is 0.000800. The molecule has 4 heteroatoms. The molecule has 0 aromatic heterocycles. The summed E-state index contributed by atoms with van der Waals surface area (Å²) in [4.78, 5) is 5.03. The lowest BCUT2D eigenvalue weighted by Gasteiger charge is -2.38. The van der Waals surface area contributed by atoms with Crippen LogP contribution < -0.4 is 5.32 Å². The van der Waals surface area contributed by atoms with Crippen molar-refractivity contribution in [3.05, 3.63) is 0 Å². The molecule has 2 fully saturated rings. The molecule has 0 amide bonds. The van der Waals surface area contributed by atoms with Gasteiger partial charge in [-0.25, -0.2) is 0 Å². The van der Waals surface area contributed by atoms with Crippen LogP contribution in [0.3, 0.4) is 0 Å². The van der Waals surface area contributed by atoms with Crippen molar-refractivity contribution in [3.8, 4) is 0 Å². The van der Waals surface area contributed by atoms with Gasteiger partial charge in [0.1, 0.15) is 0 Å². The van der Waals surface area contributed by atoms with Crippen molar-refractivity contribution in [2.24, 2.45) is 0 Å². The minimum atomic E-state index is 0.573. The number of hydrogen-bond donors (Lipinski definition) is 1. The number of ether oxygens (including phenoxy) is 1. The largest absolute Gasteiger partial charge is 0.379 e. The van der Waals surface area contributed by atoms with Crippen LogP contribution in [0, 0.1) is 0 Å². The fourth-order valence-electron chi connectivity index (χ4n) is 2.47. The minimum absolute atomic E-state index is 0.573. The normalized spacial score (nSPS) is 34.1. The summed E-state index contributed by atoms with van der Waals surface area (Å²) in [5.41, 5.74) is 0. The zero-order valence-electron chi connectivity index (χ0n) is 10.6. The summed E-state index contributed by atoms with van der Waals surface area (Å²) in [6, 6.07) is 1.27. The number of morpholine rings is 1. The maximum atomic E-state index is 5.47. The number of rotatable bonds is 3. The summed E-state index contributed by atoms with van der Waals surface area (Å²) in [6.45, 7) is 9.94. The number of hydrogen-bond acceptors (Lipinski definition) is 4. The quantitative estimate of drug-likeness (QED) is 0.734. The Bertz CT molecular complexity index is 206. The molecule has 2 saturated heterocycles. The number of piperazine rings is 1. The molecular formula is C12H25N3O. The molecule has 0 aromatic rings. The van der Waals surface area contributed by atoms with Gasteiger partial charge in [0.05, 0.1) is 13.2 Å². The van der Waals surface area contributed by atoms with E-state index in [0.29, 0.717) is 12.1 Å². The topological polar surface area (TPSA) is 27.7 Å². The van der Waals surface area contributed by atoms with E-state index < -0.39 is 0 Å². The van der Waals surface area contributed by atoms with E-state index in [0.717, 1.165) is 19.8 Å². The van der Waals surface area contributed by atoms with Crippen LogP contribution >= 0.6 is 0 Å². The highest BCUT2D eigenvalue weighted by Gasteiger charge is 2.21. The third kappa shape index (κ3) is 3.42. The van der Waals surface area contributed by atoms with E-state index in [1.165, 1.54) is 32.6 Å². The molecule has 2 aliphatic rings. The molecule has 0 aromatic carbocycles. The second-order valence-corrected chi connectivity index (χ2v) is 5.14. The molecule has 1 N–H and O–H groups in total. The van der Waals surface area contributed by atoms with Gasteiger partial charge in [0.25, 0.3) is 0 Å². The maximum Gasteiger partial charge on any atom is 0.0620 e. The highest BCUT2D eigenvalue weighted by Crippen LogP contribution is 2.08. The Labute approximate surface area is 98.9 Å². The lowest BCUT2D eigenvalue weighted by atomic mass is 10.1. The standard InChI is InChI=1S/C12H25N3O/c1-11-9-15(7-6-14(11)2)5-3-12-10-16-8-4-13-12/h11-13H,3-10H2,1-2H3. The molecule has 2 heterocycles. The van der Waals surface area contributed by atoms with Crippen molar-refractivity contribution < 1.29 is 4.74 Å². The summed E-state index contributed by atoms with van der Waals surface area (Å²) < 4.78 is 5.47. The lowest BCUT2D eigenvalue weighted by Crippen LogP contribution is -2.51. The predicted molar refractivity (Wildman–Crippen MR) is 65.8 cm³/mol. The van der Waals surface area contributed by atoms with E-state index in [1.807, 2.05) is 0 Å². The van der Waals surface area contributed by atoms with Gasteiger partial charge in [-0.05, 0) is 26.9 Å². The molecule has 0 spiro atoms. The summed E-state index contributed by atoms with van der Waals surface area (Å²) in [6.07, 6.45) is 1.22. The minimum Gasteiger partial charge on any atom is -0.379 e. The molecule has 0 radical (unpaired) electrons. The number of nitrogens with zero attached hydrogens (tertiary/aromatic N) is 2. The van der Waals surface area contributed by atoms with Crippen LogP contribution in [0.15, 0.2) is 0 Å². The van der Waals surface area contributed by atoms with Crippen molar-refractivity contribution in [1.82, 2.24) is 15.1 Å². The highest BCUT2D eigenvalue weighted by atomic mass is 16.5. The van der Waals surface area contributed by atoms with Crippen molar-refractivity contribution in [1.29, 1.82) is 0 Å². The Balaban J connectivity index is 1.65. The summed E-state index contributed by atoms with van der Waals surface area (Å²) >= 11 is 0. The van der Waals surface area contributed by atoms with Gasteiger partial charge in [0.15, 0.2) is 0 Å². The summed E-state index contributed by atoms with van der Waals surface area (Å²) in [7, 11) is 2.22. The third-order valence-electron chi connectivity index (χ3n) is 3.84. The van der Waals surface area contributed by atoms with E-state index in [1.54, 1.807) is 0 Å². The smallest absolute Gasteiger partial charge is 0.0620 e. The van der Waals surface area contributed by atoms with Crippen LogP contribution in [-0.4, -0.2) is 74.9 Å². The van der Waals surface area contributed by atoms with Gasteiger partial charge in [0, 0.05) is 38.3 Å². The molecule has 2 atom stereocenters. The SMILES string of the molecule is CC1CN(CCC2COCCN2)CCN1C. The Morgan fingerprint density at radius 2 is 2.25 bits per heavy atom. The Hall–Kier alpha value is -0.160. The fraction of sp³-hybridized carbons (Fsp3) is 1.00. The van der Waals surface area contributed by atoms with Crippen LogP contribution in [0.1, 0.15) is 13.3 Å². The van der Waals surface area contributed by atoms with Crippen LogP contribution in [0.4, 0.5) is 0 Å². The molecule has 0 saturated carbocycles. The van der Waals surface area contributed by atoms with Gasteiger partial charge in [-0.1, -0.05) is 0 Å². The first-order valence-electron chi connectivity index (χ1n) is 6.49. The highest BCUT2D eigenvalue weighted by molar-refractivity contribution is 4.79. The van der Waals surface area contributed by atoms with Crippen molar-refractivity contribution >= 4 is 0 Å². The van der Waals surface area contributed by atoms with E-state index in [2.05, 4.69) is 29.1 Å². The molecule has 2 aliphatic heterocycles. The zero-order chi connectivity index (χ0) is 11.4. The van der Waals surface area contributed by atoms with E-state index >= 15 is 0 Å². The average Bonchev–Trinajstić information content (AvgIpc) is 2.32. The van der Waals surface area contributed by atoms with Gasteiger partial charge in [0.2, 0.25) is 0 Å². The van der Waals surface area contributed by atoms with E-state index in [9.17, 15) is 0 Å². The zero-order valence-corrected chi connectivity index (χ0v) is 10.6. The average molecular weight is 227 g/mol. The Morgan fingerprint density at radius 3 is 2.94 bits per heavy atom. The summed E-state index contributed by atoms with van der Waals surface area (Å²) in [5, 5.41) is 3.52. The maximum absolute atomic E-state index is 5.47. The molecule has 2 rings (SSSR count). The second-order valence-electron chi connectivity index (χ2n) is 5.14. The van der Waals surface area contributed by atoms with Gasteiger partial charge >= 0.3 is 0 Å². The van der Waals surface area contributed by atoms with E-state index in [-0.39, 0.29) is 0 Å². The van der Waals surface area contributed by atoms with Crippen LogP contribution in [0.2, 0.25) is 0 Å². The molecule has 4 nitrogen and oxygen atoms in total. The van der Waals surface area contributed by atoms with Gasteiger partial charge < -0.3 is 19.9 Å². The first-order valence-corrected chi connectivity index (χ1v) is 6.49. The van der Waals surface area contributed by atoms with Crippen LogP contribution in [0.5, 0.6) is 0 Å². The lowest BCUT2D eigenvalue weighted by molar-refractivity contribution is 0.0609. The van der Waals surface area contributed by atoms with Crippen LogP contribution in [-0.2, 0) is 4.74 Å². The molecular weight excluding hydrogens is 202 g/mol. The Morgan fingerprint density at radius 1 is 1.38 bits per heavy atom. The Kier molecular flexibility index (Phi) is 4.58. The first-order chi connectivity index (χ1) is 7.75. The molecule has 0 bridgehead atoms. The molecule has 94 valence electrons. The van der Waals surface area contributed by atoms with Gasteiger partial charge in [-0.3, -0.25) is 0 Å². The molecule has 16 heavy (non-hydrogen) atoms. The van der Waals surface area contributed by atoms with Crippen molar-refractivity contribution in [3.63, 3.8) is 0 Å². The fourth-order valence-corrected chi connectivity index (χ4v) is 2.47. The second kappa shape index (κ2) is 5.96.